The van der Waals surface area contributed by atoms with Crippen LogP contribution in [0.4, 0.5) is 0 Å². The van der Waals surface area contributed by atoms with Crippen LogP contribution in [0.15, 0.2) is 0 Å². The Morgan fingerprint density at radius 3 is 1.40 bits per heavy atom. The number of carbonyl (C=O) groups excluding carboxylic acids is 2. The molecule has 0 fully saturated rings. The Morgan fingerprint density at radius 2 is 0.953 bits per heavy atom. The molecule has 1 atom stereocenters. The van der Waals surface area contributed by atoms with Crippen LogP contribution in [0, 0.1) is 0 Å². The molecule has 0 heterocycles. The van der Waals surface area contributed by atoms with Crippen molar-refractivity contribution in [2.24, 2.45) is 0 Å². The Kier molecular flexibility index (Phi) is 38.5. The van der Waals surface area contributed by atoms with Crippen LogP contribution in [0.2, 0.25) is 0 Å². The van der Waals surface area contributed by atoms with Gasteiger partial charge in [-0.2, -0.15) is 0 Å². The average Bonchev–Trinajstić information content (AvgIpc) is 2.98. The largest absolute Gasteiger partial charge is 1.00 e. The molecular weight excluding hydrogens is 556 g/mol. The summed E-state index contributed by atoms with van der Waals surface area (Å²) in [5.74, 6) is 0.123. The minimum atomic E-state index is -0.0527. The van der Waals surface area contributed by atoms with Gasteiger partial charge in [0, 0.05) is 24.2 Å². The lowest BCUT2D eigenvalue weighted by Crippen LogP contribution is -3.09. The topological polar surface area (TPSA) is 62.7 Å². The fourth-order valence-corrected chi connectivity index (χ4v) is 5.66. The molecule has 6 heteroatoms. The molecule has 0 aromatic rings. The summed E-state index contributed by atoms with van der Waals surface area (Å²) in [5, 5.41) is 3.08. The Balaban J connectivity index is 0. The number of carbonyl (C=O) groups is 2. The Labute approximate surface area is 275 Å². The van der Waals surface area contributed by atoms with Crippen molar-refractivity contribution in [3.05, 3.63) is 0 Å². The van der Waals surface area contributed by atoms with E-state index in [1.165, 1.54) is 146 Å². The fourth-order valence-electron chi connectivity index (χ4n) is 5.66. The van der Waals surface area contributed by atoms with Crippen molar-refractivity contribution in [1.82, 2.24) is 5.32 Å². The number of ether oxygens (including phenoxy) is 1. The predicted molar refractivity (Wildman–Crippen MR) is 181 cm³/mol. The standard InChI is InChI=1S/C37H74N2O3.ClH/c1-4-6-8-10-12-14-16-18-19-21-23-25-27-31-37(41)42-35-34-39(3)33-29-30-36(40)38-32-28-26-24-22-20-17-15-13-11-9-7-5-2;/h4-35H2,1-3H3,(H,38,40);1H/q+1;. The zero-order chi connectivity index (χ0) is 30.8. The lowest BCUT2D eigenvalue weighted by molar-refractivity contribution is -0.880. The summed E-state index contributed by atoms with van der Waals surface area (Å²) in [5.41, 5.74) is 0. The van der Waals surface area contributed by atoms with Gasteiger partial charge in [-0.3, -0.25) is 4.79 Å². The normalized spacial score (nSPS) is 11.7. The van der Waals surface area contributed by atoms with E-state index < -0.39 is 0 Å². The van der Waals surface area contributed by atoms with Gasteiger partial charge in [-0.05, 0) is 12.8 Å². The van der Waals surface area contributed by atoms with E-state index in [-0.39, 0.29) is 24.3 Å². The van der Waals surface area contributed by atoms with Crippen molar-refractivity contribution in [3.63, 3.8) is 0 Å². The molecule has 0 spiro atoms. The lowest BCUT2D eigenvalue weighted by atomic mass is 10.0. The first kappa shape index (κ1) is 44.3. The molecule has 2 N–H and O–H groups in total. The van der Waals surface area contributed by atoms with Gasteiger partial charge in [0.2, 0.25) is 12.5 Å². The minimum Gasteiger partial charge on any atom is -1.00 e. The summed E-state index contributed by atoms with van der Waals surface area (Å²) in [7, 11) is 2.12. The highest BCUT2D eigenvalue weighted by atomic mass is 35.5. The maximum Gasteiger partial charge on any atom is 0.574 e. The van der Waals surface area contributed by atoms with Crippen molar-refractivity contribution in [1.29, 1.82) is 0 Å². The van der Waals surface area contributed by atoms with Gasteiger partial charge < -0.3 is 27.4 Å². The third-order valence-corrected chi connectivity index (χ3v) is 8.64. The molecule has 0 saturated carbocycles. The van der Waals surface area contributed by atoms with Gasteiger partial charge in [-0.25, -0.2) is 0 Å². The van der Waals surface area contributed by atoms with E-state index >= 15 is 0 Å². The number of rotatable bonds is 34. The van der Waals surface area contributed by atoms with E-state index in [1.54, 1.807) is 0 Å². The number of hydrogen-bond donors (Lipinski definition) is 2. The highest BCUT2D eigenvalue weighted by Crippen LogP contribution is 2.13. The van der Waals surface area contributed by atoms with Crippen LogP contribution in [0.25, 0.3) is 0 Å². The van der Waals surface area contributed by atoms with Crippen LogP contribution in [0.5, 0.6) is 0 Å². The predicted octanol–water partition coefficient (Wildman–Crippen LogP) is 6.13. The molecule has 0 aromatic heterocycles. The molecule has 43 heavy (non-hydrogen) atoms. The van der Waals surface area contributed by atoms with E-state index in [9.17, 15) is 9.59 Å². The molecule has 1 unspecified atom stereocenters. The molecule has 0 aliphatic rings. The van der Waals surface area contributed by atoms with Gasteiger partial charge in [-0.1, -0.05) is 162 Å². The number of unbranched alkanes of at least 4 members (excludes halogenated alkanes) is 23. The Morgan fingerprint density at radius 1 is 0.558 bits per heavy atom. The Bertz CT molecular complexity index is 528. The van der Waals surface area contributed by atoms with Crippen LogP contribution in [0.1, 0.15) is 194 Å². The Hall–Kier alpha value is -0.810. The second-order valence-electron chi connectivity index (χ2n) is 13.0. The van der Waals surface area contributed by atoms with E-state index in [4.69, 9.17) is 4.74 Å². The number of nitrogens with one attached hydrogen (secondary N) is 2. The van der Waals surface area contributed by atoms with E-state index in [0.29, 0.717) is 19.4 Å². The summed E-state index contributed by atoms with van der Waals surface area (Å²) >= 11 is 0. The minimum absolute atomic E-state index is 0. The third kappa shape index (κ3) is 37.3. The summed E-state index contributed by atoms with van der Waals surface area (Å²) in [6, 6.07) is 0. The highest BCUT2D eigenvalue weighted by Gasteiger charge is 2.17. The highest BCUT2D eigenvalue weighted by molar-refractivity contribution is 5.75. The lowest BCUT2D eigenvalue weighted by Gasteiger charge is -2.11. The number of hydrogen-bond acceptors (Lipinski definition) is 3. The zero-order valence-electron chi connectivity index (χ0n) is 29.2. The molecule has 1 amide bonds. The molecular formula is C37H75ClN2O3+. The summed E-state index contributed by atoms with van der Waals surface area (Å²) in [6.45, 7) is 7.59. The number of esters is 1. The van der Waals surface area contributed by atoms with Gasteiger partial charge in [0.15, 0.2) is 0 Å². The first-order valence-electron chi connectivity index (χ1n) is 18.8. The molecule has 0 bridgehead atoms. The zero-order valence-corrected chi connectivity index (χ0v) is 30.0. The molecule has 0 aliphatic heterocycles. The number of quaternary nitrogens is 1. The van der Waals surface area contributed by atoms with Gasteiger partial charge >= 0.3 is 5.97 Å². The summed E-state index contributed by atoms with van der Waals surface area (Å²) in [4.78, 5) is 25.4. The van der Waals surface area contributed by atoms with Crippen molar-refractivity contribution in [3.8, 4) is 0 Å². The van der Waals surface area contributed by atoms with E-state index in [1.807, 2.05) is 0 Å². The van der Waals surface area contributed by atoms with Crippen LogP contribution in [0.3, 0.4) is 0 Å². The van der Waals surface area contributed by atoms with Gasteiger partial charge in [0.1, 0.15) is 13.0 Å². The molecule has 0 aromatic carbocycles. The van der Waals surface area contributed by atoms with Crippen LogP contribution in [-0.2, 0) is 14.3 Å². The molecule has 257 valence electrons. The third-order valence-electron chi connectivity index (χ3n) is 8.64. The van der Waals surface area contributed by atoms with Gasteiger partial charge in [0.05, 0.1) is 13.6 Å². The van der Waals surface area contributed by atoms with Crippen molar-refractivity contribution < 1.29 is 31.6 Å². The maximum atomic E-state index is 12.1. The first-order valence-corrected chi connectivity index (χ1v) is 18.8. The second kappa shape index (κ2) is 37.4. The van der Waals surface area contributed by atoms with E-state index in [2.05, 4.69) is 26.2 Å². The monoisotopic (exact) mass is 631 g/mol. The van der Waals surface area contributed by atoms with Crippen LogP contribution >= 0.6 is 0 Å². The maximum absolute atomic E-state index is 12.1. The van der Waals surface area contributed by atoms with Crippen molar-refractivity contribution in [2.45, 2.75) is 194 Å². The first-order chi connectivity index (χ1) is 20.6. The van der Waals surface area contributed by atoms with Crippen molar-refractivity contribution in [2.75, 3.05) is 33.3 Å². The number of halogens is 1. The van der Waals surface area contributed by atoms with E-state index in [0.717, 1.165) is 45.3 Å². The number of amides is 1. The molecule has 5 nitrogen and oxygen atoms in total. The summed E-state index contributed by atoms with van der Waals surface area (Å²) < 4.78 is 5.44. The number of likely N-dealkylation sites (N-methyl/N-ethyl adjacent to an activating group) is 1. The molecule has 0 rings (SSSR count). The van der Waals surface area contributed by atoms with Gasteiger partial charge in [0.25, 0.3) is 0 Å². The van der Waals surface area contributed by atoms with Crippen LogP contribution in [-0.4, -0.2) is 45.2 Å². The smallest absolute Gasteiger partial charge is 0.574 e. The van der Waals surface area contributed by atoms with Crippen molar-refractivity contribution >= 4 is 11.9 Å². The SMILES string of the molecule is CCCCCCCCCCCCCCCC(=[O+])OCC[NH+](C)CCCC(=O)NCCCCCCCCCCCCCC.[Cl-]. The quantitative estimate of drug-likeness (QED) is 0.0511. The molecule has 1 radical (unpaired) electrons. The molecule has 0 saturated heterocycles. The van der Waals surface area contributed by atoms with Gasteiger partial charge in [-0.15, -0.1) is 0 Å². The fraction of sp³-hybridized carbons (Fsp3) is 0.946. The second-order valence-corrected chi connectivity index (χ2v) is 13.0. The van der Waals surface area contributed by atoms with Crippen LogP contribution < -0.4 is 22.6 Å². The summed E-state index contributed by atoms with van der Waals surface area (Å²) in [6.07, 6.45) is 35.2. The molecule has 0 aliphatic carbocycles. The average molecular weight is 631 g/mol.